The highest BCUT2D eigenvalue weighted by atomic mass is 16.4. The van der Waals surface area contributed by atoms with Gasteiger partial charge < -0.3 is 76.0 Å². The fourth-order valence-corrected chi connectivity index (χ4v) is 6.94. The first kappa shape index (κ1) is 57.5. The van der Waals surface area contributed by atoms with E-state index in [-0.39, 0.29) is 61.5 Å². The lowest BCUT2D eigenvalue weighted by molar-refractivity contribution is -0.108. The van der Waals surface area contributed by atoms with Crippen molar-refractivity contribution in [3.05, 3.63) is 0 Å². The number of unbranched alkanes of at least 4 members (excludes halogenated alkanes) is 1. The van der Waals surface area contributed by atoms with Crippen LogP contribution in [0.5, 0.6) is 0 Å². The van der Waals surface area contributed by atoms with Crippen LogP contribution in [0, 0.1) is 11.8 Å². The zero-order valence-corrected chi connectivity index (χ0v) is 37.2. The molecule has 3 aliphatic rings. The Kier molecular flexibility index (Phi) is 34.0. The van der Waals surface area contributed by atoms with Crippen molar-refractivity contribution in [3.63, 3.8) is 0 Å². The summed E-state index contributed by atoms with van der Waals surface area (Å²) in [5.41, 5.74) is 0.126. The quantitative estimate of drug-likeness (QED) is 0.0968. The fourth-order valence-electron chi connectivity index (χ4n) is 6.94. The smallest absolute Gasteiger partial charge is 0.109 e. The molecule has 3 fully saturated rings. The van der Waals surface area contributed by atoms with E-state index in [1.807, 2.05) is 44.8 Å². The molecule has 9 atom stereocenters. The Bertz CT molecular complexity index is 820. The molecule has 340 valence electrons. The van der Waals surface area contributed by atoms with Gasteiger partial charge in [-0.15, -0.1) is 0 Å². The van der Waals surface area contributed by atoms with Gasteiger partial charge in [0.25, 0.3) is 0 Å². The first-order valence-electron chi connectivity index (χ1n) is 21.3. The van der Waals surface area contributed by atoms with Gasteiger partial charge in [-0.25, -0.2) is 0 Å². The van der Waals surface area contributed by atoms with Crippen LogP contribution in [0.15, 0.2) is 0 Å². The second-order valence-electron chi connectivity index (χ2n) is 16.9. The van der Waals surface area contributed by atoms with E-state index < -0.39 is 24.4 Å². The van der Waals surface area contributed by atoms with E-state index in [4.69, 9.17) is 10.2 Å². The molecular weight excluding hydrogens is 722 g/mol. The van der Waals surface area contributed by atoms with Crippen LogP contribution in [-0.4, -0.2) is 226 Å². The largest absolute Gasteiger partial charge is 0.396 e. The zero-order valence-electron chi connectivity index (χ0n) is 37.2. The molecule has 11 N–H and O–H groups in total. The van der Waals surface area contributed by atoms with Crippen LogP contribution in [0.4, 0.5) is 0 Å². The number of β-amino-alcohol motifs (C(OH)–C–C–N with tert-alkyl or cyclic N) is 4. The highest BCUT2D eigenvalue weighted by Crippen LogP contribution is 2.25. The SMILES string of the molecule is CC1[C@@H](O)CN(C)C[C@@H]1O.CC1[C@H](O)CN(C)C[C@@H]1O.CCC(O)C(O)C(O)C(O)CN(C)C.CCCCC(CCCO)(CCCO)NC.CN1CCCCC1. The van der Waals surface area contributed by atoms with Crippen molar-refractivity contribution < 1.29 is 51.1 Å². The molecule has 0 aromatic rings. The number of hydrogen-bond donors (Lipinski definition) is 11. The Morgan fingerprint density at radius 2 is 1.00 bits per heavy atom. The molecule has 15 heteroatoms. The van der Waals surface area contributed by atoms with Crippen LogP contribution in [0.1, 0.15) is 98.3 Å². The molecule has 0 spiro atoms. The van der Waals surface area contributed by atoms with Gasteiger partial charge in [0.1, 0.15) is 12.2 Å². The summed E-state index contributed by atoms with van der Waals surface area (Å²) >= 11 is 0. The maximum Gasteiger partial charge on any atom is 0.109 e. The molecule has 3 aliphatic heterocycles. The predicted molar refractivity (Wildman–Crippen MR) is 226 cm³/mol. The number of nitrogens with one attached hydrogen (secondary N) is 1. The maximum absolute atomic E-state index is 9.45. The molecule has 0 amide bonds. The van der Waals surface area contributed by atoms with Gasteiger partial charge in [-0.1, -0.05) is 47.0 Å². The van der Waals surface area contributed by atoms with E-state index in [0.29, 0.717) is 32.6 Å². The number of piperidine rings is 3. The fraction of sp³-hybridized carbons (Fsp3) is 1.00. The van der Waals surface area contributed by atoms with Crippen molar-refractivity contribution in [1.82, 2.24) is 24.9 Å². The van der Waals surface area contributed by atoms with Crippen molar-refractivity contribution in [3.8, 4) is 0 Å². The van der Waals surface area contributed by atoms with Gasteiger partial charge in [0.15, 0.2) is 0 Å². The number of hydrogen-bond acceptors (Lipinski definition) is 15. The molecular formula is C41H91N5O10. The molecule has 0 aromatic carbocycles. The standard InChI is InChI=1S/C12H27NO2.C9H21NO4.2C7H15NO2.C6H13N/c1-3-4-7-12(13-2,8-5-10-14)9-6-11-15;1-4-6(11)8(13)9(14)7(12)5-10(2)3;2*1-5-6(9)3-8(2)4-7(5)10;1-7-5-3-2-4-6-7/h13-15H,3-11H2,1-2H3;6-9,11-14H,4-5H2,1-3H3;2*5-7,9-10H,3-4H2,1-2H3;2-6H2,1H3/t;;6-,7-;5?,6-,7+;/m..0../s1. The molecule has 56 heavy (non-hydrogen) atoms. The van der Waals surface area contributed by atoms with Gasteiger partial charge in [-0.05, 0) is 107 Å². The van der Waals surface area contributed by atoms with Crippen molar-refractivity contribution in [2.24, 2.45) is 11.8 Å². The summed E-state index contributed by atoms with van der Waals surface area (Å²) in [6, 6.07) is 0. The number of rotatable bonds is 16. The lowest BCUT2D eigenvalue weighted by atomic mass is 9.83. The van der Waals surface area contributed by atoms with Gasteiger partial charge in [-0.2, -0.15) is 0 Å². The van der Waals surface area contributed by atoms with Crippen molar-refractivity contribution in [2.75, 3.05) is 101 Å². The van der Waals surface area contributed by atoms with E-state index in [0.717, 1.165) is 32.1 Å². The van der Waals surface area contributed by atoms with Crippen molar-refractivity contribution in [2.45, 2.75) is 153 Å². The van der Waals surface area contributed by atoms with E-state index in [1.165, 1.54) is 45.2 Å². The number of aliphatic hydroxyl groups excluding tert-OH is 10. The second kappa shape index (κ2) is 33.2. The van der Waals surface area contributed by atoms with Gasteiger partial charge >= 0.3 is 0 Å². The van der Waals surface area contributed by atoms with Crippen LogP contribution in [0.25, 0.3) is 0 Å². The average Bonchev–Trinajstić information content (AvgIpc) is 3.16. The Hall–Kier alpha value is -0.600. The summed E-state index contributed by atoms with van der Waals surface area (Å²) < 4.78 is 0. The molecule has 3 saturated heterocycles. The maximum atomic E-state index is 9.45. The van der Waals surface area contributed by atoms with E-state index in [1.54, 1.807) is 25.9 Å². The first-order valence-corrected chi connectivity index (χ1v) is 21.3. The Balaban J connectivity index is 0. The lowest BCUT2D eigenvalue weighted by Crippen LogP contribution is -2.49. The summed E-state index contributed by atoms with van der Waals surface area (Å²) in [4.78, 5) is 7.97. The van der Waals surface area contributed by atoms with Gasteiger partial charge in [-0.3, -0.25) is 0 Å². The van der Waals surface area contributed by atoms with Crippen LogP contribution >= 0.6 is 0 Å². The molecule has 3 heterocycles. The second-order valence-corrected chi connectivity index (χ2v) is 16.9. The van der Waals surface area contributed by atoms with Crippen LogP contribution in [-0.2, 0) is 0 Å². The van der Waals surface area contributed by atoms with Crippen molar-refractivity contribution >= 4 is 0 Å². The highest BCUT2D eigenvalue weighted by molar-refractivity contribution is 4.87. The summed E-state index contributed by atoms with van der Waals surface area (Å²) in [5.74, 6) is 0.0485. The van der Waals surface area contributed by atoms with Gasteiger partial charge in [0.2, 0.25) is 0 Å². The number of aliphatic hydroxyl groups is 10. The minimum Gasteiger partial charge on any atom is -0.396 e. The zero-order chi connectivity index (χ0) is 43.4. The molecule has 0 radical (unpaired) electrons. The third-order valence-corrected chi connectivity index (χ3v) is 11.3. The number of nitrogens with zero attached hydrogens (tertiary/aromatic N) is 4. The molecule has 0 bridgehead atoms. The minimum atomic E-state index is -1.31. The van der Waals surface area contributed by atoms with Crippen LogP contribution in [0.3, 0.4) is 0 Å². The molecule has 0 aromatic heterocycles. The number of likely N-dealkylation sites (tertiary alicyclic amines) is 3. The van der Waals surface area contributed by atoms with Crippen molar-refractivity contribution in [1.29, 1.82) is 0 Å². The minimum absolute atomic E-state index is 0.0243. The molecule has 0 aliphatic carbocycles. The molecule has 3 rings (SSSR count). The molecule has 15 nitrogen and oxygen atoms in total. The first-order chi connectivity index (χ1) is 26.3. The summed E-state index contributed by atoms with van der Waals surface area (Å²) in [6.07, 6.45) is 5.71. The predicted octanol–water partition coefficient (Wildman–Crippen LogP) is -0.237. The third kappa shape index (κ3) is 25.8. The highest BCUT2D eigenvalue weighted by Gasteiger charge is 2.31. The summed E-state index contributed by atoms with van der Waals surface area (Å²) in [5, 5.41) is 96.0. The van der Waals surface area contributed by atoms with Crippen LogP contribution in [0.2, 0.25) is 0 Å². The Morgan fingerprint density at radius 3 is 1.29 bits per heavy atom. The Morgan fingerprint density at radius 1 is 0.625 bits per heavy atom. The average molecular weight is 814 g/mol. The summed E-state index contributed by atoms with van der Waals surface area (Å²) in [6.45, 7) is 13.8. The topological polar surface area (TPSA) is 227 Å². The van der Waals surface area contributed by atoms with Gasteiger partial charge in [0, 0.05) is 63.3 Å². The van der Waals surface area contributed by atoms with E-state index >= 15 is 0 Å². The third-order valence-electron chi connectivity index (χ3n) is 11.3. The van der Waals surface area contributed by atoms with E-state index in [9.17, 15) is 40.9 Å². The molecule has 0 saturated carbocycles. The normalized spacial score (nSPS) is 26.2. The Labute approximate surface area is 341 Å². The van der Waals surface area contributed by atoms with Gasteiger partial charge in [0.05, 0.1) is 36.6 Å². The number of likely N-dealkylation sites (N-methyl/N-ethyl adjacent to an activating group) is 3. The molecule has 5 unspecified atom stereocenters. The lowest BCUT2D eigenvalue weighted by Gasteiger charge is -2.35. The van der Waals surface area contributed by atoms with E-state index in [2.05, 4.69) is 24.2 Å². The van der Waals surface area contributed by atoms with Crippen LogP contribution < -0.4 is 5.32 Å². The summed E-state index contributed by atoms with van der Waals surface area (Å²) in [7, 11) is 11.5. The monoisotopic (exact) mass is 814 g/mol.